The molecule has 5 heteroatoms. The minimum Gasteiger partial charge on any atom is -0.388 e. The van der Waals surface area contributed by atoms with E-state index in [9.17, 15) is 4.79 Å². The minimum absolute atomic E-state index is 0.385. The molecule has 5 nitrogen and oxygen atoms in total. The predicted molar refractivity (Wildman–Crippen MR) is 114 cm³/mol. The third-order valence-corrected chi connectivity index (χ3v) is 5.04. The first kappa shape index (κ1) is 19.0. The Labute approximate surface area is 161 Å². The zero-order valence-corrected chi connectivity index (χ0v) is 16.3. The third kappa shape index (κ3) is 3.97. The van der Waals surface area contributed by atoms with Gasteiger partial charge in [-0.05, 0) is 49.4 Å². The van der Waals surface area contributed by atoms with Crippen molar-refractivity contribution in [3.05, 3.63) is 41.5 Å². The van der Waals surface area contributed by atoms with Crippen LogP contribution in [0.2, 0.25) is 0 Å². The van der Waals surface area contributed by atoms with Crippen molar-refractivity contribution in [1.29, 1.82) is 5.41 Å². The van der Waals surface area contributed by atoms with Crippen LogP contribution in [0, 0.1) is 18.3 Å². The number of aryl methyl sites for hydroxylation is 1. The average Bonchev–Trinajstić information content (AvgIpc) is 3.52. The van der Waals surface area contributed by atoms with Gasteiger partial charge in [0.05, 0.1) is 11.4 Å². The lowest BCUT2D eigenvalue weighted by molar-refractivity contribution is -0.105. The molecule has 1 aliphatic rings. The Morgan fingerprint density at radius 3 is 2.63 bits per heavy atom. The van der Waals surface area contributed by atoms with Crippen LogP contribution < -0.4 is 16.0 Å². The van der Waals surface area contributed by atoms with E-state index >= 15 is 0 Å². The first-order chi connectivity index (χ1) is 13.1. The number of anilines is 3. The Morgan fingerprint density at radius 1 is 1.22 bits per heavy atom. The highest BCUT2D eigenvalue weighted by Crippen LogP contribution is 2.40. The zero-order valence-electron chi connectivity index (χ0n) is 16.3. The van der Waals surface area contributed by atoms with Gasteiger partial charge in [-0.15, -0.1) is 0 Å². The molecule has 27 heavy (non-hydrogen) atoms. The van der Waals surface area contributed by atoms with Crippen molar-refractivity contribution < 1.29 is 4.79 Å². The normalized spacial score (nSPS) is 13.1. The summed E-state index contributed by atoms with van der Waals surface area (Å²) in [7, 11) is 1.89. The molecule has 3 rings (SSSR count). The van der Waals surface area contributed by atoms with Gasteiger partial charge in [0, 0.05) is 42.0 Å². The topological polar surface area (TPSA) is 77.0 Å². The number of hydrogen-bond donors (Lipinski definition) is 4. The van der Waals surface area contributed by atoms with Gasteiger partial charge >= 0.3 is 0 Å². The maximum Gasteiger partial charge on any atom is 0.211 e. The van der Waals surface area contributed by atoms with Gasteiger partial charge in [-0.3, -0.25) is 4.79 Å². The molecule has 0 saturated heterocycles. The molecule has 2 aromatic rings. The quantitative estimate of drug-likeness (QED) is 0.379. The first-order valence-electron chi connectivity index (χ1n) is 9.59. The minimum atomic E-state index is 0.385. The Balaban J connectivity index is 2.12. The smallest absolute Gasteiger partial charge is 0.211 e. The Morgan fingerprint density at radius 2 is 2.00 bits per heavy atom. The van der Waals surface area contributed by atoms with Crippen LogP contribution in [-0.2, 0) is 4.79 Å². The largest absolute Gasteiger partial charge is 0.388 e. The molecule has 0 atom stereocenters. The lowest BCUT2D eigenvalue weighted by atomic mass is 9.95. The van der Waals surface area contributed by atoms with Crippen LogP contribution in [0.15, 0.2) is 30.3 Å². The van der Waals surface area contributed by atoms with Gasteiger partial charge in [0.2, 0.25) is 6.41 Å². The van der Waals surface area contributed by atoms with Gasteiger partial charge in [0.1, 0.15) is 0 Å². The summed E-state index contributed by atoms with van der Waals surface area (Å²) in [6.07, 6.45) is 3.92. The average molecular weight is 364 g/mol. The fraction of sp³-hybridized carbons (Fsp3) is 0.364. The van der Waals surface area contributed by atoms with E-state index in [1.165, 1.54) is 0 Å². The molecular weight excluding hydrogens is 336 g/mol. The summed E-state index contributed by atoms with van der Waals surface area (Å²) in [5.74, 6) is 0.385. The van der Waals surface area contributed by atoms with Crippen molar-refractivity contribution in [1.82, 2.24) is 0 Å². The van der Waals surface area contributed by atoms with Crippen LogP contribution in [0.3, 0.4) is 0 Å². The molecule has 1 saturated carbocycles. The number of rotatable bonds is 9. The lowest BCUT2D eigenvalue weighted by Gasteiger charge is -2.19. The Bertz CT molecular complexity index is 856. The maximum atomic E-state index is 11.1. The number of amides is 1. The van der Waals surface area contributed by atoms with Crippen molar-refractivity contribution in [3.63, 3.8) is 0 Å². The van der Waals surface area contributed by atoms with Gasteiger partial charge in [-0.1, -0.05) is 25.1 Å². The molecule has 1 fully saturated rings. The van der Waals surface area contributed by atoms with Gasteiger partial charge < -0.3 is 21.4 Å². The molecule has 1 amide bonds. The number of benzene rings is 2. The summed E-state index contributed by atoms with van der Waals surface area (Å²) in [5, 5.41) is 18.1. The summed E-state index contributed by atoms with van der Waals surface area (Å²) < 4.78 is 0. The van der Waals surface area contributed by atoms with E-state index in [0.29, 0.717) is 11.6 Å². The SMILES string of the molecule is CCCNc1c(-c2ccc(NC)c(C(=N)C3CC3)c2)ccc(C)c1NC=O. The maximum absolute atomic E-state index is 11.1. The van der Waals surface area contributed by atoms with Crippen molar-refractivity contribution in [3.8, 4) is 11.1 Å². The van der Waals surface area contributed by atoms with Gasteiger partial charge in [0.25, 0.3) is 0 Å². The van der Waals surface area contributed by atoms with Crippen LogP contribution in [0.1, 0.15) is 37.3 Å². The summed E-state index contributed by atoms with van der Waals surface area (Å²) >= 11 is 0. The second kappa shape index (κ2) is 8.25. The lowest BCUT2D eigenvalue weighted by Crippen LogP contribution is -2.09. The molecule has 0 spiro atoms. The molecule has 0 heterocycles. The fourth-order valence-corrected chi connectivity index (χ4v) is 3.37. The van der Waals surface area contributed by atoms with E-state index in [2.05, 4.69) is 41.1 Å². The number of carbonyl (C=O) groups is 1. The van der Waals surface area contributed by atoms with Crippen LogP contribution in [0.4, 0.5) is 17.1 Å². The van der Waals surface area contributed by atoms with E-state index in [1.54, 1.807) is 0 Å². The highest BCUT2D eigenvalue weighted by Gasteiger charge is 2.28. The van der Waals surface area contributed by atoms with E-state index in [0.717, 1.165) is 71.5 Å². The molecular formula is C22H28N4O. The molecule has 0 aromatic heterocycles. The Kier molecular flexibility index (Phi) is 5.79. The monoisotopic (exact) mass is 364 g/mol. The Hall–Kier alpha value is -2.82. The van der Waals surface area contributed by atoms with Gasteiger partial charge in [0.15, 0.2) is 0 Å². The number of nitrogens with one attached hydrogen (secondary N) is 4. The summed E-state index contributed by atoms with van der Waals surface area (Å²) in [6.45, 7) is 4.93. The number of hydrogen-bond acceptors (Lipinski definition) is 4. The van der Waals surface area contributed by atoms with E-state index in [4.69, 9.17) is 5.41 Å². The van der Waals surface area contributed by atoms with Crippen LogP contribution in [0.5, 0.6) is 0 Å². The first-order valence-corrected chi connectivity index (χ1v) is 9.59. The zero-order chi connectivity index (χ0) is 19.4. The molecule has 142 valence electrons. The van der Waals surface area contributed by atoms with Crippen molar-refractivity contribution >= 4 is 29.2 Å². The van der Waals surface area contributed by atoms with Crippen LogP contribution in [0.25, 0.3) is 11.1 Å². The second-order valence-electron chi connectivity index (χ2n) is 7.07. The molecule has 0 radical (unpaired) electrons. The molecule has 0 unspecified atom stereocenters. The fourth-order valence-electron chi connectivity index (χ4n) is 3.37. The molecule has 0 bridgehead atoms. The third-order valence-electron chi connectivity index (χ3n) is 5.04. The van der Waals surface area contributed by atoms with Crippen molar-refractivity contribution in [2.24, 2.45) is 5.92 Å². The highest BCUT2D eigenvalue weighted by atomic mass is 16.1. The van der Waals surface area contributed by atoms with Gasteiger partial charge in [-0.25, -0.2) is 0 Å². The molecule has 1 aliphatic carbocycles. The second-order valence-corrected chi connectivity index (χ2v) is 7.07. The van der Waals surface area contributed by atoms with E-state index < -0.39 is 0 Å². The van der Waals surface area contributed by atoms with Crippen LogP contribution >= 0.6 is 0 Å². The predicted octanol–water partition coefficient (Wildman–Crippen LogP) is 4.87. The molecule has 0 aliphatic heterocycles. The summed E-state index contributed by atoms with van der Waals surface area (Å²) in [6, 6.07) is 10.3. The number of carbonyl (C=O) groups excluding carboxylic acids is 1. The van der Waals surface area contributed by atoms with Crippen molar-refractivity contribution in [2.45, 2.75) is 33.1 Å². The van der Waals surface area contributed by atoms with Gasteiger partial charge in [-0.2, -0.15) is 0 Å². The standard InChI is InChI=1S/C22H28N4O/c1-4-11-25-22-17(9-5-14(2)21(22)26-13-27)16-8-10-19(24-3)18(12-16)20(23)15-6-7-15/h5,8-10,12-13,15,23-25H,4,6-7,11H2,1-3H3,(H,26,27). The van der Waals surface area contributed by atoms with E-state index in [-0.39, 0.29) is 0 Å². The highest BCUT2D eigenvalue weighted by molar-refractivity contribution is 6.07. The van der Waals surface area contributed by atoms with Crippen LogP contribution in [-0.4, -0.2) is 25.7 Å². The summed E-state index contributed by atoms with van der Waals surface area (Å²) in [4.78, 5) is 11.1. The molecule has 4 N–H and O–H groups in total. The molecule has 2 aromatic carbocycles. The van der Waals surface area contributed by atoms with Crippen molar-refractivity contribution in [2.75, 3.05) is 29.5 Å². The van der Waals surface area contributed by atoms with E-state index in [1.807, 2.05) is 26.1 Å². The summed E-state index contributed by atoms with van der Waals surface area (Å²) in [5.41, 5.74) is 7.50.